The van der Waals surface area contributed by atoms with Crippen LogP contribution in [0.2, 0.25) is 0 Å². The monoisotopic (exact) mass is 288 g/mol. The van der Waals surface area contributed by atoms with Crippen molar-refractivity contribution in [3.8, 4) is 0 Å². The molecule has 0 amide bonds. The molecule has 1 saturated carbocycles. The highest BCUT2D eigenvalue weighted by Crippen LogP contribution is 2.42. The second-order valence-corrected chi connectivity index (χ2v) is 7.96. The molecule has 0 radical (unpaired) electrons. The van der Waals surface area contributed by atoms with Crippen molar-refractivity contribution in [3.63, 3.8) is 0 Å². The fourth-order valence-corrected chi connectivity index (χ4v) is 5.18. The van der Waals surface area contributed by atoms with Crippen LogP contribution < -0.4 is 5.32 Å². The Morgan fingerprint density at radius 2 is 2.20 bits per heavy atom. The van der Waals surface area contributed by atoms with E-state index in [1.807, 2.05) is 11.8 Å². The van der Waals surface area contributed by atoms with Crippen LogP contribution in [0.4, 0.5) is 0 Å². The fraction of sp³-hybridized carbons (Fsp3) is 0.647. The molecule has 2 nitrogen and oxygen atoms in total. The summed E-state index contributed by atoms with van der Waals surface area (Å²) < 4.78 is 0. The molecular formula is C17H24N2S. The Bertz CT molecular complexity index is 500. The summed E-state index contributed by atoms with van der Waals surface area (Å²) in [5, 5.41) is 3.78. The average molecular weight is 288 g/mol. The van der Waals surface area contributed by atoms with E-state index in [2.05, 4.69) is 41.4 Å². The van der Waals surface area contributed by atoms with Crippen LogP contribution in [0.3, 0.4) is 0 Å². The van der Waals surface area contributed by atoms with Crippen LogP contribution in [0.1, 0.15) is 31.2 Å². The van der Waals surface area contributed by atoms with E-state index in [0.29, 0.717) is 5.54 Å². The predicted octanol–water partition coefficient (Wildman–Crippen LogP) is 2.95. The number of benzene rings is 1. The van der Waals surface area contributed by atoms with Crippen molar-refractivity contribution in [1.29, 1.82) is 0 Å². The Kier molecular flexibility index (Phi) is 3.32. The molecule has 20 heavy (non-hydrogen) atoms. The van der Waals surface area contributed by atoms with Gasteiger partial charge >= 0.3 is 0 Å². The van der Waals surface area contributed by atoms with Gasteiger partial charge in [0.2, 0.25) is 0 Å². The highest BCUT2D eigenvalue weighted by Gasteiger charge is 2.44. The molecule has 1 saturated heterocycles. The van der Waals surface area contributed by atoms with Gasteiger partial charge in [-0.2, -0.15) is 0 Å². The highest BCUT2D eigenvalue weighted by atomic mass is 32.2. The first-order valence-corrected chi connectivity index (χ1v) is 8.92. The zero-order chi connectivity index (χ0) is 13.6. The van der Waals surface area contributed by atoms with E-state index in [4.69, 9.17) is 0 Å². The zero-order valence-electron chi connectivity index (χ0n) is 12.3. The quantitative estimate of drug-likeness (QED) is 0.920. The van der Waals surface area contributed by atoms with E-state index in [1.165, 1.54) is 43.1 Å². The van der Waals surface area contributed by atoms with Crippen LogP contribution in [0.15, 0.2) is 29.2 Å². The summed E-state index contributed by atoms with van der Waals surface area (Å²) >= 11 is 2.04. The van der Waals surface area contributed by atoms with Gasteiger partial charge in [-0.15, -0.1) is 11.8 Å². The van der Waals surface area contributed by atoms with Gasteiger partial charge in [0.25, 0.3) is 0 Å². The lowest BCUT2D eigenvalue weighted by Crippen LogP contribution is -2.60. The molecule has 2 atom stereocenters. The number of nitrogens with one attached hydrogen (secondary N) is 1. The third kappa shape index (κ3) is 2.40. The summed E-state index contributed by atoms with van der Waals surface area (Å²) in [5.74, 6) is 2.93. The van der Waals surface area contributed by atoms with Gasteiger partial charge in [-0.05, 0) is 37.3 Å². The minimum absolute atomic E-state index is 0.378. The summed E-state index contributed by atoms with van der Waals surface area (Å²) in [5.41, 5.74) is 1.97. The van der Waals surface area contributed by atoms with Gasteiger partial charge in [0.15, 0.2) is 0 Å². The third-order valence-electron chi connectivity index (χ3n) is 5.26. The van der Waals surface area contributed by atoms with Crippen molar-refractivity contribution in [2.45, 2.75) is 36.1 Å². The number of thioether (sulfide) groups is 1. The van der Waals surface area contributed by atoms with E-state index in [9.17, 15) is 0 Å². The normalized spacial score (nSPS) is 34.1. The largest absolute Gasteiger partial charge is 0.309 e. The lowest BCUT2D eigenvalue weighted by atomic mass is 9.91. The molecule has 2 aliphatic heterocycles. The maximum Gasteiger partial charge on any atom is 0.0309 e. The highest BCUT2D eigenvalue weighted by molar-refractivity contribution is 7.99. The molecule has 2 fully saturated rings. The molecule has 2 heterocycles. The van der Waals surface area contributed by atoms with E-state index >= 15 is 0 Å². The zero-order valence-corrected chi connectivity index (χ0v) is 13.1. The number of rotatable bonds is 3. The van der Waals surface area contributed by atoms with Gasteiger partial charge in [0.05, 0.1) is 0 Å². The van der Waals surface area contributed by atoms with E-state index in [-0.39, 0.29) is 0 Å². The number of hydrogen-bond acceptors (Lipinski definition) is 3. The van der Waals surface area contributed by atoms with Crippen molar-refractivity contribution >= 4 is 11.8 Å². The van der Waals surface area contributed by atoms with Crippen molar-refractivity contribution < 1.29 is 0 Å². The van der Waals surface area contributed by atoms with E-state index in [1.54, 1.807) is 5.56 Å². The Morgan fingerprint density at radius 3 is 3.05 bits per heavy atom. The Hall–Kier alpha value is -0.510. The SMILES string of the molecule is CC1(C2CC2)CN(CC2CSc3ccccc32)CCN1. The Morgan fingerprint density at radius 1 is 1.35 bits per heavy atom. The molecule has 108 valence electrons. The number of fused-ring (bicyclic) bond motifs is 1. The summed E-state index contributed by atoms with van der Waals surface area (Å²) in [4.78, 5) is 4.22. The Labute approximate surface area is 126 Å². The topological polar surface area (TPSA) is 15.3 Å². The summed E-state index contributed by atoms with van der Waals surface area (Å²) in [6, 6.07) is 8.99. The van der Waals surface area contributed by atoms with Crippen LogP contribution in [-0.4, -0.2) is 42.4 Å². The minimum atomic E-state index is 0.378. The molecule has 3 heteroatoms. The third-order valence-corrected chi connectivity index (χ3v) is 6.52. The maximum atomic E-state index is 3.78. The summed E-state index contributed by atoms with van der Waals surface area (Å²) in [6.45, 7) is 7.29. The van der Waals surface area contributed by atoms with Gasteiger partial charge in [-0.25, -0.2) is 0 Å². The van der Waals surface area contributed by atoms with Crippen LogP contribution in [0.25, 0.3) is 0 Å². The maximum absolute atomic E-state index is 3.78. The minimum Gasteiger partial charge on any atom is -0.309 e. The molecule has 1 aliphatic carbocycles. The summed E-state index contributed by atoms with van der Waals surface area (Å²) in [6.07, 6.45) is 2.86. The first-order valence-electron chi connectivity index (χ1n) is 7.94. The van der Waals surface area contributed by atoms with E-state index < -0.39 is 0 Å². The lowest BCUT2D eigenvalue weighted by Gasteiger charge is -2.42. The average Bonchev–Trinajstić information content (AvgIpc) is 3.24. The predicted molar refractivity (Wildman–Crippen MR) is 85.5 cm³/mol. The fourth-order valence-electron chi connectivity index (χ4n) is 3.94. The first-order chi connectivity index (χ1) is 9.74. The molecule has 1 aromatic carbocycles. The molecule has 4 rings (SSSR count). The second-order valence-electron chi connectivity index (χ2n) is 6.90. The Balaban J connectivity index is 1.44. The number of piperazine rings is 1. The number of hydrogen-bond donors (Lipinski definition) is 1. The van der Waals surface area contributed by atoms with Crippen LogP contribution in [0, 0.1) is 5.92 Å². The number of nitrogens with zero attached hydrogens (tertiary/aromatic N) is 1. The van der Waals surface area contributed by atoms with Gasteiger partial charge in [0.1, 0.15) is 0 Å². The van der Waals surface area contributed by atoms with Crippen molar-refractivity contribution in [1.82, 2.24) is 10.2 Å². The molecular weight excluding hydrogens is 264 g/mol. The lowest BCUT2D eigenvalue weighted by molar-refractivity contribution is 0.123. The van der Waals surface area contributed by atoms with Gasteiger partial charge in [-0.3, -0.25) is 4.90 Å². The molecule has 3 aliphatic rings. The summed E-state index contributed by atoms with van der Waals surface area (Å²) in [7, 11) is 0. The van der Waals surface area contributed by atoms with Crippen LogP contribution >= 0.6 is 11.8 Å². The molecule has 0 aromatic heterocycles. The second kappa shape index (κ2) is 5.04. The van der Waals surface area contributed by atoms with Crippen LogP contribution in [-0.2, 0) is 0 Å². The molecule has 1 N–H and O–H groups in total. The van der Waals surface area contributed by atoms with Gasteiger partial charge in [-0.1, -0.05) is 18.2 Å². The van der Waals surface area contributed by atoms with E-state index in [0.717, 1.165) is 18.4 Å². The first kappa shape index (κ1) is 13.2. The van der Waals surface area contributed by atoms with Gasteiger partial charge < -0.3 is 5.32 Å². The molecule has 2 unspecified atom stereocenters. The standard InChI is InChI=1S/C17H24N2S/c1-17(14-6-7-14)12-19(9-8-18-17)10-13-11-20-16-5-3-2-4-15(13)16/h2-5,13-14,18H,6-12H2,1H3. The van der Waals surface area contributed by atoms with Crippen molar-refractivity contribution in [3.05, 3.63) is 29.8 Å². The molecule has 0 spiro atoms. The smallest absolute Gasteiger partial charge is 0.0309 e. The molecule has 0 bridgehead atoms. The van der Waals surface area contributed by atoms with Gasteiger partial charge in [0, 0.05) is 48.3 Å². The molecule has 1 aromatic rings. The van der Waals surface area contributed by atoms with Crippen molar-refractivity contribution in [2.75, 3.05) is 31.9 Å². The van der Waals surface area contributed by atoms with Crippen molar-refractivity contribution in [2.24, 2.45) is 5.92 Å². The van der Waals surface area contributed by atoms with Crippen LogP contribution in [0.5, 0.6) is 0 Å².